The Morgan fingerprint density at radius 1 is 1.00 bits per heavy atom. The van der Waals surface area contributed by atoms with Gasteiger partial charge in [-0.2, -0.15) is 0 Å². The summed E-state index contributed by atoms with van der Waals surface area (Å²) in [4.78, 5) is 21.2. The molecule has 4 heterocycles. The summed E-state index contributed by atoms with van der Waals surface area (Å²) in [6, 6.07) is 18.0. The minimum Gasteiger partial charge on any atom is -0.334 e. The topological polar surface area (TPSA) is 66.6 Å². The van der Waals surface area contributed by atoms with Crippen molar-refractivity contribution in [2.24, 2.45) is 0 Å². The van der Waals surface area contributed by atoms with Gasteiger partial charge in [-0.05, 0) is 37.7 Å². The van der Waals surface area contributed by atoms with Gasteiger partial charge >= 0.3 is 0 Å². The molecule has 1 aliphatic rings. The van der Waals surface area contributed by atoms with Crippen LogP contribution in [-0.4, -0.2) is 62.2 Å². The monoisotopic (exact) mass is 412 g/mol. The molecule has 0 aliphatic carbocycles. The van der Waals surface area contributed by atoms with E-state index in [1.54, 1.807) is 12.3 Å². The van der Waals surface area contributed by atoms with Gasteiger partial charge in [-0.15, -0.1) is 5.10 Å². The van der Waals surface area contributed by atoms with E-state index in [-0.39, 0.29) is 11.9 Å². The summed E-state index contributed by atoms with van der Waals surface area (Å²) in [5, 5.41) is 8.89. The van der Waals surface area contributed by atoms with Gasteiger partial charge in [0.25, 0.3) is 5.91 Å². The lowest BCUT2D eigenvalue weighted by molar-refractivity contribution is 0.0536. The summed E-state index contributed by atoms with van der Waals surface area (Å²) in [7, 11) is 2.07. The molecule has 0 spiro atoms. The Morgan fingerprint density at radius 2 is 1.81 bits per heavy atom. The Kier molecular flexibility index (Phi) is 4.95. The van der Waals surface area contributed by atoms with Crippen LogP contribution in [-0.2, 0) is 0 Å². The molecular weight excluding hydrogens is 388 g/mol. The zero-order chi connectivity index (χ0) is 21.4. The molecule has 1 aromatic carbocycles. The Balaban J connectivity index is 1.43. The summed E-state index contributed by atoms with van der Waals surface area (Å²) in [5.74, 6) is -0.0446. The highest BCUT2D eigenvalue weighted by molar-refractivity contribution is 5.92. The fraction of sp³-hybridized carbons (Fsp3) is 0.250. The maximum atomic E-state index is 12.9. The number of likely N-dealkylation sites (N-methyl/N-ethyl adjacent to an activating group) is 1. The molecule has 3 aromatic heterocycles. The molecule has 156 valence electrons. The fourth-order valence-corrected chi connectivity index (χ4v) is 4.07. The molecule has 0 radical (unpaired) electrons. The number of piperazine rings is 1. The van der Waals surface area contributed by atoms with Crippen LogP contribution >= 0.6 is 0 Å². The van der Waals surface area contributed by atoms with Gasteiger partial charge < -0.3 is 4.90 Å². The fourth-order valence-electron chi connectivity index (χ4n) is 4.07. The lowest BCUT2D eigenvalue weighted by Gasteiger charge is -2.38. The third-order valence-corrected chi connectivity index (χ3v) is 5.96. The van der Waals surface area contributed by atoms with Crippen LogP contribution in [0.1, 0.15) is 27.8 Å². The molecular formula is C24H24N6O. The van der Waals surface area contributed by atoms with E-state index < -0.39 is 0 Å². The molecule has 1 atom stereocenters. The number of fused-ring (bicyclic) bond motifs is 1. The molecule has 1 amide bonds. The number of carbonyl (C=O) groups is 1. The van der Waals surface area contributed by atoms with E-state index in [1.807, 2.05) is 27.7 Å². The number of rotatable bonds is 3. The second-order valence-corrected chi connectivity index (χ2v) is 8.05. The summed E-state index contributed by atoms with van der Waals surface area (Å²) < 4.78 is 1.83. The van der Waals surface area contributed by atoms with Crippen molar-refractivity contribution in [3.05, 3.63) is 83.9 Å². The van der Waals surface area contributed by atoms with Gasteiger partial charge in [0, 0.05) is 37.6 Å². The largest absolute Gasteiger partial charge is 0.334 e. The number of benzene rings is 1. The summed E-state index contributed by atoms with van der Waals surface area (Å²) >= 11 is 0. The Morgan fingerprint density at radius 3 is 2.58 bits per heavy atom. The van der Waals surface area contributed by atoms with E-state index in [0.29, 0.717) is 18.8 Å². The third kappa shape index (κ3) is 3.68. The van der Waals surface area contributed by atoms with Crippen molar-refractivity contribution in [2.75, 3.05) is 26.7 Å². The van der Waals surface area contributed by atoms with Crippen molar-refractivity contribution >= 4 is 11.4 Å². The van der Waals surface area contributed by atoms with Gasteiger partial charge in [-0.1, -0.05) is 47.2 Å². The molecule has 7 heteroatoms. The maximum absolute atomic E-state index is 12.9. The highest BCUT2D eigenvalue weighted by Crippen LogP contribution is 2.28. The lowest BCUT2D eigenvalue weighted by atomic mass is 10.0. The standard InChI is InChI=1S/C24H24N6O/c1-17-6-8-18(9-7-17)19-10-11-21-23(26-27-30(21)15-19)22-16-29(14-13-28(22)2)24(31)20-5-3-4-12-25-20/h3-12,15,22H,13-14,16H2,1-2H3/t22-/m1/s1. The van der Waals surface area contributed by atoms with Crippen LogP contribution < -0.4 is 0 Å². The Hall–Kier alpha value is -3.58. The smallest absolute Gasteiger partial charge is 0.272 e. The molecule has 0 saturated carbocycles. The van der Waals surface area contributed by atoms with E-state index in [4.69, 9.17) is 0 Å². The van der Waals surface area contributed by atoms with Gasteiger partial charge in [-0.25, -0.2) is 4.52 Å². The normalized spacial score (nSPS) is 17.2. The molecule has 1 saturated heterocycles. The summed E-state index contributed by atoms with van der Waals surface area (Å²) in [6.07, 6.45) is 3.66. The highest BCUT2D eigenvalue weighted by Gasteiger charge is 2.32. The number of aromatic nitrogens is 4. The second kappa shape index (κ2) is 7.92. The quantitative estimate of drug-likeness (QED) is 0.517. The van der Waals surface area contributed by atoms with Gasteiger partial charge in [-0.3, -0.25) is 14.7 Å². The Bertz CT molecular complexity index is 1220. The van der Waals surface area contributed by atoms with Gasteiger partial charge in [0.2, 0.25) is 0 Å². The van der Waals surface area contributed by atoms with Crippen molar-refractivity contribution in [1.29, 1.82) is 0 Å². The van der Waals surface area contributed by atoms with Crippen molar-refractivity contribution in [3.8, 4) is 11.1 Å². The van der Waals surface area contributed by atoms with Crippen molar-refractivity contribution in [1.82, 2.24) is 29.6 Å². The summed E-state index contributed by atoms with van der Waals surface area (Å²) in [5.41, 5.74) is 5.79. The van der Waals surface area contributed by atoms with Crippen molar-refractivity contribution < 1.29 is 4.79 Å². The minimum atomic E-state index is -0.0446. The molecule has 7 nitrogen and oxygen atoms in total. The minimum absolute atomic E-state index is 0.0239. The number of carbonyl (C=O) groups excluding carboxylic acids is 1. The van der Waals surface area contributed by atoms with Crippen LogP contribution in [0.4, 0.5) is 0 Å². The van der Waals surface area contributed by atoms with Gasteiger partial charge in [0.1, 0.15) is 11.4 Å². The molecule has 5 rings (SSSR count). The zero-order valence-corrected chi connectivity index (χ0v) is 17.6. The highest BCUT2D eigenvalue weighted by atomic mass is 16.2. The third-order valence-electron chi connectivity index (χ3n) is 5.96. The van der Waals surface area contributed by atoms with Crippen LogP contribution in [0.15, 0.2) is 67.0 Å². The van der Waals surface area contributed by atoms with Crippen LogP contribution in [0.2, 0.25) is 0 Å². The van der Waals surface area contributed by atoms with Crippen molar-refractivity contribution in [2.45, 2.75) is 13.0 Å². The Labute approximate surface area is 180 Å². The number of nitrogens with zero attached hydrogens (tertiary/aromatic N) is 6. The first-order chi connectivity index (χ1) is 15.1. The zero-order valence-electron chi connectivity index (χ0n) is 17.6. The number of hydrogen-bond acceptors (Lipinski definition) is 5. The molecule has 0 bridgehead atoms. The predicted octanol–water partition coefficient (Wildman–Crippen LogP) is 3.23. The van der Waals surface area contributed by atoms with E-state index in [0.717, 1.165) is 28.9 Å². The van der Waals surface area contributed by atoms with Gasteiger partial charge in [0.15, 0.2) is 0 Å². The molecule has 1 aliphatic heterocycles. The predicted molar refractivity (Wildman–Crippen MR) is 119 cm³/mol. The summed E-state index contributed by atoms with van der Waals surface area (Å²) in [6.45, 7) is 4.07. The van der Waals surface area contributed by atoms with Crippen molar-refractivity contribution in [3.63, 3.8) is 0 Å². The maximum Gasteiger partial charge on any atom is 0.272 e. The van der Waals surface area contributed by atoms with E-state index in [2.05, 4.69) is 70.6 Å². The van der Waals surface area contributed by atoms with E-state index >= 15 is 0 Å². The van der Waals surface area contributed by atoms with Crippen LogP contribution in [0, 0.1) is 6.92 Å². The van der Waals surface area contributed by atoms with E-state index in [1.165, 1.54) is 5.56 Å². The molecule has 1 fully saturated rings. The first-order valence-corrected chi connectivity index (χ1v) is 10.4. The molecule has 31 heavy (non-hydrogen) atoms. The second-order valence-electron chi connectivity index (χ2n) is 8.05. The molecule has 0 unspecified atom stereocenters. The van der Waals surface area contributed by atoms with Gasteiger partial charge in [0.05, 0.1) is 11.6 Å². The molecule has 0 N–H and O–H groups in total. The van der Waals surface area contributed by atoms with E-state index in [9.17, 15) is 4.79 Å². The lowest BCUT2D eigenvalue weighted by Crippen LogP contribution is -2.49. The number of aryl methyl sites for hydroxylation is 1. The number of amides is 1. The number of hydrogen-bond donors (Lipinski definition) is 0. The van der Waals surface area contributed by atoms with Crippen LogP contribution in [0.25, 0.3) is 16.6 Å². The average Bonchev–Trinajstić information content (AvgIpc) is 3.23. The SMILES string of the molecule is Cc1ccc(-c2ccc3c([C@H]4CN(C(=O)c5ccccn5)CCN4C)nnn3c2)cc1. The van der Waals surface area contributed by atoms with Crippen LogP contribution in [0.3, 0.4) is 0 Å². The first kappa shape index (κ1) is 19.4. The first-order valence-electron chi connectivity index (χ1n) is 10.4. The number of pyridine rings is 2. The average molecular weight is 412 g/mol. The molecule has 4 aromatic rings. The van der Waals surface area contributed by atoms with Crippen LogP contribution in [0.5, 0.6) is 0 Å².